The van der Waals surface area contributed by atoms with E-state index >= 15 is 0 Å². The predicted molar refractivity (Wildman–Crippen MR) is 124 cm³/mol. The third-order valence-corrected chi connectivity index (χ3v) is 5.84. The molecule has 0 fully saturated rings. The second kappa shape index (κ2) is 9.29. The Morgan fingerprint density at radius 1 is 1.23 bits per heavy atom. The molecule has 0 bridgehead atoms. The zero-order valence-corrected chi connectivity index (χ0v) is 19.2. The van der Waals surface area contributed by atoms with Gasteiger partial charge in [0.1, 0.15) is 23.1 Å². The Morgan fingerprint density at radius 3 is 2.63 bits per heavy atom. The van der Waals surface area contributed by atoms with Gasteiger partial charge in [0.05, 0.1) is 17.0 Å². The standard InChI is InChI=1S/C23H23ClN4OS/c1-14(2)28(5)13-26-20-11-19(24)21(10-16(20)4)29-23-18(12-25)22(27-30-23)17-9-7-6-8-15(17)3/h6-11,13-14H,1-5H3/b26-13-. The van der Waals surface area contributed by atoms with Gasteiger partial charge in [-0.1, -0.05) is 35.9 Å². The maximum absolute atomic E-state index is 9.73. The number of aromatic nitrogens is 1. The fourth-order valence-electron chi connectivity index (χ4n) is 2.71. The molecule has 0 radical (unpaired) electrons. The number of ether oxygens (including phenoxy) is 1. The van der Waals surface area contributed by atoms with Gasteiger partial charge in [0, 0.05) is 30.2 Å². The van der Waals surface area contributed by atoms with Crippen LogP contribution in [0.4, 0.5) is 5.69 Å². The average Bonchev–Trinajstić information content (AvgIpc) is 3.11. The van der Waals surface area contributed by atoms with Crippen LogP contribution >= 0.6 is 23.1 Å². The molecule has 0 aliphatic heterocycles. The summed E-state index contributed by atoms with van der Waals surface area (Å²) >= 11 is 7.61. The van der Waals surface area contributed by atoms with Crippen LogP contribution in [0.2, 0.25) is 5.02 Å². The smallest absolute Gasteiger partial charge is 0.218 e. The lowest BCUT2D eigenvalue weighted by atomic mass is 10.0. The first-order chi connectivity index (χ1) is 14.3. The number of nitriles is 1. The van der Waals surface area contributed by atoms with Crippen LogP contribution in [-0.2, 0) is 0 Å². The lowest BCUT2D eigenvalue weighted by Crippen LogP contribution is -2.24. The highest BCUT2D eigenvalue weighted by Crippen LogP contribution is 2.41. The first-order valence-corrected chi connectivity index (χ1v) is 10.7. The first kappa shape index (κ1) is 21.8. The van der Waals surface area contributed by atoms with E-state index in [1.807, 2.05) is 56.1 Å². The van der Waals surface area contributed by atoms with Gasteiger partial charge in [-0.3, -0.25) is 0 Å². The molecule has 2 aromatic carbocycles. The highest BCUT2D eigenvalue weighted by molar-refractivity contribution is 7.08. The Labute approximate surface area is 186 Å². The van der Waals surface area contributed by atoms with Crippen molar-refractivity contribution < 1.29 is 4.74 Å². The summed E-state index contributed by atoms with van der Waals surface area (Å²) in [5.74, 6) is 0.474. The van der Waals surface area contributed by atoms with Gasteiger partial charge in [-0.15, -0.1) is 0 Å². The number of nitrogens with zero attached hydrogens (tertiary/aromatic N) is 4. The van der Waals surface area contributed by atoms with E-state index in [-0.39, 0.29) is 0 Å². The van der Waals surface area contributed by atoms with E-state index in [0.717, 1.165) is 33.9 Å². The van der Waals surface area contributed by atoms with Crippen molar-refractivity contribution in [3.05, 3.63) is 58.1 Å². The summed E-state index contributed by atoms with van der Waals surface area (Å²) in [6.07, 6.45) is 1.79. The van der Waals surface area contributed by atoms with Crippen LogP contribution in [-0.4, -0.2) is 28.7 Å². The summed E-state index contributed by atoms with van der Waals surface area (Å²) in [6.45, 7) is 8.13. The van der Waals surface area contributed by atoms with Crippen LogP contribution in [0.5, 0.6) is 10.8 Å². The molecule has 0 saturated carbocycles. The van der Waals surface area contributed by atoms with E-state index in [9.17, 15) is 5.26 Å². The molecular weight excluding hydrogens is 416 g/mol. The molecular formula is C23H23ClN4OS. The van der Waals surface area contributed by atoms with Crippen molar-refractivity contribution in [2.45, 2.75) is 33.7 Å². The summed E-state index contributed by atoms with van der Waals surface area (Å²) in [7, 11) is 1.97. The summed E-state index contributed by atoms with van der Waals surface area (Å²) < 4.78 is 10.5. The Balaban J connectivity index is 1.92. The van der Waals surface area contributed by atoms with Crippen LogP contribution in [0.15, 0.2) is 41.4 Å². The van der Waals surface area contributed by atoms with Crippen molar-refractivity contribution in [3.63, 3.8) is 0 Å². The molecule has 0 amide bonds. The van der Waals surface area contributed by atoms with Gasteiger partial charge in [0.2, 0.25) is 5.06 Å². The molecule has 154 valence electrons. The minimum Gasteiger partial charge on any atom is -0.442 e. The van der Waals surface area contributed by atoms with Crippen molar-refractivity contribution >= 4 is 35.2 Å². The number of rotatable bonds is 6. The molecule has 0 unspecified atom stereocenters. The topological polar surface area (TPSA) is 61.5 Å². The Bertz CT molecular complexity index is 1130. The lowest BCUT2D eigenvalue weighted by Gasteiger charge is -2.17. The van der Waals surface area contributed by atoms with Crippen molar-refractivity contribution in [3.8, 4) is 28.1 Å². The van der Waals surface area contributed by atoms with Crippen molar-refractivity contribution in [2.75, 3.05) is 7.05 Å². The molecule has 3 aromatic rings. The highest BCUT2D eigenvalue weighted by Gasteiger charge is 2.19. The van der Waals surface area contributed by atoms with Crippen molar-refractivity contribution in [1.29, 1.82) is 5.26 Å². The molecule has 3 rings (SSSR count). The molecule has 0 aliphatic carbocycles. The van der Waals surface area contributed by atoms with Crippen LogP contribution in [0.25, 0.3) is 11.3 Å². The van der Waals surface area contributed by atoms with Gasteiger partial charge in [0.15, 0.2) is 0 Å². The third kappa shape index (κ3) is 4.64. The van der Waals surface area contributed by atoms with E-state index in [0.29, 0.717) is 33.1 Å². The van der Waals surface area contributed by atoms with Crippen molar-refractivity contribution in [2.24, 2.45) is 4.99 Å². The van der Waals surface area contributed by atoms with Crippen LogP contribution in [0, 0.1) is 25.2 Å². The predicted octanol–water partition coefficient (Wildman–Crippen LogP) is 6.74. The van der Waals surface area contributed by atoms with E-state index in [4.69, 9.17) is 16.3 Å². The van der Waals surface area contributed by atoms with Crippen molar-refractivity contribution in [1.82, 2.24) is 9.27 Å². The zero-order chi connectivity index (χ0) is 21.8. The van der Waals surface area contributed by atoms with Gasteiger partial charge in [0.25, 0.3) is 0 Å². The molecule has 7 heteroatoms. The minimum absolute atomic E-state index is 0.352. The van der Waals surface area contributed by atoms with E-state index in [1.54, 1.807) is 12.4 Å². The molecule has 30 heavy (non-hydrogen) atoms. The lowest BCUT2D eigenvalue weighted by molar-refractivity contribution is 0.429. The molecule has 1 aromatic heterocycles. The first-order valence-electron chi connectivity index (χ1n) is 9.51. The molecule has 0 spiro atoms. The van der Waals surface area contributed by atoms with E-state index in [1.165, 1.54) is 0 Å². The van der Waals surface area contributed by atoms with Gasteiger partial charge in [-0.25, -0.2) is 4.99 Å². The number of hydrogen-bond donors (Lipinski definition) is 0. The number of aliphatic imine (C=N–C) groups is 1. The molecule has 1 heterocycles. The number of aryl methyl sites for hydroxylation is 2. The quantitative estimate of drug-likeness (QED) is 0.315. The average molecular weight is 439 g/mol. The molecule has 0 atom stereocenters. The Morgan fingerprint density at radius 2 is 1.97 bits per heavy atom. The molecule has 5 nitrogen and oxygen atoms in total. The monoisotopic (exact) mass is 438 g/mol. The summed E-state index contributed by atoms with van der Waals surface area (Å²) in [5.41, 5.74) is 4.69. The van der Waals surface area contributed by atoms with E-state index in [2.05, 4.69) is 29.3 Å². The fraction of sp³-hybridized carbons (Fsp3) is 0.261. The summed E-state index contributed by atoms with van der Waals surface area (Å²) in [6, 6.07) is 14.0. The van der Waals surface area contributed by atoms with Gasteiger partial charge < -0.3 is 9.64 Å². The number of halogens is 1. The van der Waals surface area contributed by atoms with E-state index < -0.39 is 0 Å². The Hall–Kier alpha value is -2.88. The minimum atomic E-state index is 0.352. The molecule has 0 aliphatic rings. The number of hydrogen-bond acceptors (Lipinski definition) is 5. The fourth-order valence-corrected chi connectivity index (χ4v) is 3.64. The van der Waals surface area contributed by atoms with Crippen LogP contribution in [0.3, 0.4) is 0 Å². The summed E-state index contributed by atoms with van der Waals surface area (Å²) in [5, 5.41) is 10.6. The zero-order valence-electron chi connectivity index (χ0n) is 17.6. The van der Waals surface area contributed by atoms with Gasteiger partial charge in [-0.05, 0) is 51.0 Å². The molecule has 0 N–H and O–H groups in total. The highest BCUT2D eigenvalue weighted by atomic mass is 35.5. The maximum atomic E-state index is 9.73. The summed E-state index contributed by atoms with van der Waals surface area (Å²) in [4.78, 5) is 6.54. The largest absolute Gasteiger partial charge is 0.442 e. The second-order valence-corrected chi connectivity index (χ2v) is 8.44. The number of benzene rings is 2. The molecule has 0 saturated heterocycles. The van der Waals surface area contributed by atoms with Crippen LogP contribution < -0.4 is 4.74 Å². The SMILES string of the molecule is Cc1cc(Oc2snc(-c3ccccc3C)c2C#N)c(Cl)cc1/N=C\N(C)C(C)C. The maximum Gasteiger partial charge on any atom is 0.218 e. The normalized spacial score (nSPS) is 11.1. The van der Waals surface area contributed by atoms with Crippen LogP contribution in [0.1, 0.15) is 30.5 Å². The van der Waals surface area contributed by atoms with Gasteiger partial charge in [-0.2, -0.15) is 9.64 Å². The van der Waals surface area contributed by atoms with Gasteiger partial charge >= 0.3 is 0 Å². The second-order valence-electron chi connectivity index (χ2n) is 7.30. The Kier molecular flexibility index (Phi) is 6.76. The third-order valence-electron chi connectivity index (χ3n) is 4.82.